The van der Waals surface area contributed by atoms with Gasteiger partial charge in [-0.3, -0.25) is 9.69 Å². The van der Waals surface area contributed by atoms with Crippen LogP contribution in [0.1, 0.15) is 41.9 Å². The number of hydrogen-bond acceptors (Lipinski definition) is 2. The Morgan fingerprint density at radius 1 is 1.19 bits per heavy atom. The number of hydrogen-bond donors (Lipinski definition) is 1. The van der Waals surface area contributed by atoms with Crippen LogP contribution >= 0.6 is 23.2 Å². The second-order valence-electron chi connectivity index (χ2n) is 6.94. The van der Waals surface area contributed by atoms with Gasteiger partial charge in [-0.1, -0.05) is 41.4 Å². The van der Waals surface area contributed by atoms with Crippen LogP contribution in [0.3, 0.4) is 0 Å². The predicted octanol–water partition coefficient (Wildman–Crippen LogP) is 5.88. The van der Waals surface area contributed by atoms with Crippen LogP contribution in [0.15, 0.2) is 48.5 Å². The van der Waals surface area contributed by atoms with Crippen molar-refractivity contribution in [3.8, 4) is 0 Å². The highest BCUT2D eigenvalue weighted by molar-refractivity contribution is 6.31. The van der Waals surface area contributed by atoms with Gasteiger partial charge in [0, 0.05) is 33.0 Å². The molecule has 0 saturated heterocycles. The summed E-state index contributed by atoms with van der Waals surface area (Å²) < 4.78 is 0. The van der Waals surface area contributed by atoms with Crippen molar-refractivity contribution in [2.24, 2.45) is 0 Å². The maximum Gasteiger partial charge on any atom is 0.192 e. The molecule has 1 aliphatic rings. The number of aromatic amines is 1. The minimum absolute atomic E-state index is 0.0862. The summed E-state index contributed by atoms with van der Waals surface area (Å²) in [6, 6.07) is 15.9. The van der Waals surface area contributed by atoms with E-state index in [1.165, 1.54) is 0 Å². The summed E-state index contributed by atoms with van der Waals surface area (Å²) in [4.78, 5) is 18.4. The number of carbonyl (C=O) groups is 1. The van der Waals surface area contributed by atoms with E-state index in [-0.39, 0.29) is 11.8 Å². The molecule has 4 rings (SSSR count). The first kappa shape index (κ1) is 17.6. The first-order valence-electron chi connectivity index (χ1n) is 8.84. The predicted molar refractivity (Wildman–Crippen MR) is 107 cm³/mol. The molecule has 0 aliphatic heterocycles. The van der Waals surface area contributed by atoms with E-state index in [0.717, 1.165) is 34.3 Å². The smallest absolute Gasteiger partial charge is 0.192 e. The van der Waals surface area contributed by atoms with Crippen molar-refractivity contribution >= 4 is 39.9 Å². The van der Waals surface area contributed by atoms with Crippen molar-refractivity contribution < 1.29 is 4.79 Å². The number of carbonyl (C=O) groups excluding carboxylic acids is 1. The molecule has 0 spiro atoms. The van der Waals surface area contributed by atoms with Crippen molar-refractivity contribution in [2.45, 2.75) is 31.8 Å². The number of fused-ring (bicyclic) bond motifs is 1. The van der Waals surface area contributed by atoms with E-state index in [0.29, 0.717) is 23.3 Å². The minimum Gasteiger partial charge on any atom is -0.352 e. The molecule has 1 atom stereocenters. The molecule has 3 aromatic rings. The average molecular weight is 387 g/mol. The molecule has 1 N–H and O–H groups in total. The number of H-pyrrole nitrogens is 1. The zero-order valence-electron chi connectivity index (χ0n) is 14.5. The fraction of sp³-hybridized carbons (Fsp3) is 0.286. The number of nitrogens with one attached hydrogen (secondary N) is 1. The number of ketones is 1. The van der Waals surface area contributed by atoms with Crippen LogP contribution in [0.2, 0.25) is 10.0 Å². The van der Waals surface area contributed by atoms with Crippen LogP contribution in [0.25, 0.3) is 10.9 Å². The molecule has 26 heavy (non-hydrogen) atoms. The molecular weight excluding hydrogens is 367 g/mol. The van der Waals surface area contributed by atoms with E-state index in [9.17, 15) is 4.79 Å². The highest BCUT2D eigenvalue weighted by atomic mass is 35.5. The number of rotatable bonds is 6. The highest BCUT2D eigenvalue weighted by Gasteiger charge is 2.34. The van der Waals surface area contributed by atoms with Crippen LogP contribution in [0, 0.1) is 0 Å². The third-order valence-corrected chi connectivity index (χ3v) is 5.66. The van der Waals surface area contributed by atoms with E-state index in [4.69, 9.17) is 23.2 Å². The summed E-state index contributed by atoms with van der Waals surface area (Å²) in [5.41, 5.74) is 2.62. The Morgan fingerprint density at radius 3 is 2.69 bits per heavy atom. The third-order valence-electron chi connectivity index (χ3n) is 5.08. The van der Waals surface area contributed by atoms with E-state index < -0.39 is 0 Å². The molecule has 1 unspecified atom stereocenters. The molecule has 1 heterocycles. The lowest BCUT2D eigenvalue weighted by Gasteiger charge is -2.29. The van der Waals surface area contributed by atoms with Gasteiger partial charge in [-0.2, -0.15) is 0 Å². The van der Waals surface area contributed by atoms with E-state index in [1.54, 1.807) is 0 Å². The van der Waals surface area contributed by atoms with Gasteiger partial charge in [0.2, 0.25) is 0 Å². The first-order chi connectivity index (χ1) is 12.5. The molecule has 2 aromatic carbocycles. The quantitative estimate of drug-likeness (QED) is 0.536. The number of aromatic nitrogens is 1. The molecule has 5 heteroatoms. The van der Waals surface area contributed by atoms with Crippen molar-refractivity contribution in [3.63, 3.8) is 0 Å². The third kappa shape index (κ3) is 3.52. The van der Waals surface area contributed by atoms with Crippen molar-refractivity contribution in [1.29, 1.82) is 0 Å². The van der Waals surface area contributed by atoms with E-state index in [1.807, 2.05) is 48.5 Å². The highest BCUT2D eigenvalue weighted by Crippen LogP contribution is 2.36. The van der Waals surface area contributed by atoms with E-state index in [2.05, 4.69) is 16.8 Å². The lowest BCUT2D eigenvalue weighted by molar-refractivity contribution is 0.0884. The van der Waals surface area contributed by atoms with Gasteiger partial charge < -0.3 is 4.98 Å². The molecular formula is C21H20Cl2N2O. The Morgan fingerprint density at radius 2 is 1.96 bits per heavy atom. The summed E-state index contributed by atoms with van der Waals surface area (Å²) in [5, 5.41) is 2.37. The van der Waals surface area contributed by atoms with Crippen LogP contribution in [0.4, 0.5) is 0 Å². The van der Waals surface area contributed by atoms with Crippen LogP contribution in [-0.2, 0) is 0 Å². The summed E-state index contributed by atoms with van der Waals surface area (Å²) >= 11 is 12.4. The molecule has 134 valence electrons. The summed E-state index contributed by atoms with van der Waals surface area (Å²) in [6.07, 6.45) is 2.26. The number of nitrogens with zero attached hydrogens (tertiary/aromatic N) is 1. The normalized spacial score (nSPS) is 15.5. The maximum atomic E-state index is 12.9. The number of halogens is 2. The van der Waals surface area contributed by atoms with Crippen molar-refractivity contribution in [3.05, 3.63) is 69.8 Å². The Hall–Kier alpha value is -1.81. The van der Waals surface area contributed by atoms with Crippen molar-refractivity contribution in [1.82, 2.24) is 9.88 Å². The molecule has 3 nitrogen and oxygen atoms in total. The van der Waals surface area contributed by atoms with Gasteiger partial charge in [-0.05, 0) is 55.7 Å². The summed E-state index contributed by atoms with van der Waals surface area (Å²) in [6.45, 7) is 2.50. The second kappa shape index (κ2) is 7.07. The number of Topliss-reactive ketones (excluding diaryl/α,β-unsaturated/α-hetero) is 1. The van der Waals surface area contributed by atoms with Gasteiger partial charge in [-0.15, -0.1) is 0 Å². The van der Waals surface area contributed by atoms with Gasteiger partial charge in [0.25, 0.3) is 0 Å². The standard InChI is InChI=1S/C21H20Cl2N2O/c1-13(17-4-2-3-5-18(17)23)25(16-7-8-16)12-21(26)20-11-14-10-15(22)6-9-19(14)24-20/h2-6,9-11,13,16,24H,7-8,12H2,1H3. The van der Waals surface area contributed by atoms with Crippen LogP contribution in [-0.4, -0.2) is 28.3 Å². The second-order valence-corrected chi connectivity index (χ2v) is 7.78. The van der Waals surface area contributed by atoms with E-state index >= 15 is 0 Å². The lowest BCUT2D eigenvalue weighted by atomic mass is 10.1. The number of benzene rings is 2. The molecule has 1 aromatic heterocycles. The molecule has 1 fully saturated rings. The van der Waals surface area contributed by atoms with Crippen LogP contribution in [0.5, 0.6) is 0 Å². The molecule has 1 aliphatic carbocycles. The first-order valence-corrected chi connectivity index (χ1v) is 9.60. The molecule has 0 radical (unpaired) electrons. The maximum absolute atomic E-state index is 12.9. The fourth-order valence-corrected chi connectivity index (χ4v) is 3.96. The lowest BCUT2D eigenvalue weighted by Crippen LogP contribution is -2.34. The topological polar surface area (TPSA) is 36.1 Å². The minimum atomic E-state index is 0.0862. The van der Waals surface area contributed by atoms with Crippen LogP contribution < -0.4 is 0 Å². The van der Waals surface area contributed by atoms with Gasteiger partial charge in [0.05, 0.1) is 12.2 Å². The Balaban J connectivity index is 1.58. The summed E-state index contributed by atoms with van der Waals surface area (Å²) in [5.74, 6) is 0.0862. The zero-order chi connectivity index (χ0) is 18.3. The monoisotopic (exact) mass is 386 g/mol. The van der Waals surface area contributed by atoms with Gasteiger partial charge in [0.1, 0.15) is 0 Å². The largest absolute Gasteiger partial charge is 0.352 e. The molecule has 0 amide bonds. The summed E-state index contributed by atoms with van der Waals surface area (Å²) in [7, 11) is 0. The van der Waals surface area contributed by atoms with Gasteiger partial charge >= 0.3 is 0 Å². The molecule has 1 saturated carbocycles. The van der Waals surface area contributed by atoms with Gasteiger partial charge in [-0.25, -0.2) is 0 Å². The van der Waals surface area contributed by atoms with Crippen molar-refractivity contribution in [2.75, 3.05) is 6.54 Å². The Bertz CT molecular complexity index is 962. The molecule has 0 bridgehead atoms. The zero-order valence-corrected chi connectivity index (χ0v) is 16.0. The Kier molecular flexibility index (Phi) is 4.78. The average Bonchev–Trinajstić information content (AvgIpc) is 3.38. The fourth-order valence-electron chi connectivity index (χ4n) is 3.49. The Labute approximate surface area is 162 Å². The van der Waals surface area contributed by atoms with Gasteiger partial charge in [0.15, 0.2) is 5.78 Å². The SMILES string of the molecule is CC(c1ccccc1Cl)N(CC(=O)c1cc2cc(Cl)ccc2[nH]1)C1CC1.